The van der Waals surface area contributed by atoms with Gasteiger partial charge in [-0.15, -0.1) is 0 Å². The van der Waals surface area contributed by atoms with Gasteiger partial charge in [-0.05, 0) is 47.6 Å². The molecule has 26 heavy (non-hydrogen) atoms. The summed E-state index contributed by atoms with van der Waals surface area (Å²) in [4.78, 5) is 25.0. The fraction of sp³-hybridized carbons (Fsp3) is 0.765. The summed E-state index contributed by atoms with van der Waals surface area (Å²) in [6.07, 6.45) is -0.876. The van der Waals surface area contributed by atoms with Crippen LogP contribution in [0.25, 0.3) is 0 Å². The molecule has 1 aliphatic heterocycles. The molecular weight excluding hydrogens is 372 g/mol. The molecule has 1 atom stereocenters. The molecule has 0 aromatic carbocycles. The van der Waals surface area contributed by atoms with Crippen molar-refractivity contribution in [1.29, 1.82) is 0 Å². The summed E-state index contributed by atoms with van der Waals surface area (Å²) >= 11 is 5.76. The van der Waals surface area contributed by atoms with Crippen LogP contribution in [0, 0.1) is 0 Å². The fourth-order valence-corrected chi connectivity index (χ4v) is 2.60. The number of nitrogens with zero attached hydrogens (tertiary/aromatic N) is 1. The lowest BCUT2D eigenvalue weighted by Gasteiger charge is -2.34. The molecule has 1 amide bonds. The van der Waals surface area contributed by atoms with Crippen molar-refractivity contribution in [3.8, 4) is 0 Å². The van der Waals surface area contributed by atoms with Gasteiger partial charge in [-0.3, -0.25) is 9.69 Å². The number of carbonyl (C=O) groups is 2. The van der Waals surface area contributed by atoms with E-state index in [0.717, 1.165) is 6.08 Å². The van der Waals surface area contributed by atoms with E-state index in [0.29, 0.717) is 0 Å². The van der Waals surface area contributed by atoms with Gasteiger partial charge in [0.1, 0.15) is 17.7 Å². The van der Waals surface area contributed by atoms with Crippen LogP contribution < -0.4 is 0 Å². The number of carbonyl (C=O) groups excluding carboxylic acids is 2. The van der Waals surface area contributed by atoms with Crippen molar-refractivity contribution in [2.45, 2.75) is 71.3 Å². The lowest BCUT2D eigenvalue weighted by molar-refractivity contribution is -0.148. The average molecular weight is 398 g/mol. The number of hydrogen-bond acceptors (Lipinski definition) is 5. The minimum atomic E-state index is -3.61. The Kier molecular flexibility index (Phi) is 7.04. The van der Waals surface area contributed by atoms with Gasteiger partial charge >= 0.3 is 12.1 Å². The zero-order valence-corrected chi connectivity index (χ0v) is 16.7. The van der Waals surface area contributed by atoms with E-state index >= 15 is 0 Å². The molecule has 0 radical (unpaired) electrons. The van der Waals surface area contributed by atoms with Crippen molar-refractivity contribution < 1.29 is 32.6 Å². The standard InChI is InChI=1S/C17H26ClF2NO5/c1-7-24-13(22)9-17(19,20)12(18)8-11-10-25-16(5,6)21(11)14(23)26-15(2,3)4/h8,11H,7,9-10H2,1-6H3/b12-8-/t11-/m1/s1. The van der Waals surface area contributed by atoms with Crippen LogP contribution >= 0.6 is 11.6 Å². The molecule has 6 nitrogen and oxygen atoms in total. The summed E-state index contributed by atoms with van der Waals surface area (Å²) < 4.78 is 43.7. The van der Waals surface area contributed by atoms with Crippen molar-refractivity contribution in [2.75, 3.05) is 13.2 Å². The normalized spacial score (nSPS) is 20.9. The Labute approximate surface area is 157 Å². The van der Waals surface area contributed by atoms with Gasteiger partial charge in [0.05, 0.1) is 24.3 Å². The molecular formula is C17H26ClF2NO5. The molecule has 0 bridgehead atoms. The highest BCUT2D eigenvalue weighted by Gasteiger charge is 2.46. The minimum Gasteiger partial charge on any atom is -0.466 e. The molecule has 0 unspecified atom stereocenters. The van der Waals surface area contributed by atoms with E-state index in [9.17, 15) is 18.4 Å². The summed E-state index contributed by atoms with van der Waals surface area (Å²) in [6, 6.07) is -0.861. The Bertz CT molecular complexity index is 572. The van der Waals surface area contributed by atoms with Gasteiger partial charge in [-0.25, -0.2) is 4.79 Å². The predicted molar refractivity (Wildman–Crippen MR) is 92.0 cm³/mol. The summed E-state index contributed by atoms with van der Waals surface area (Å²) in [5.74, 6) is -4.67. The summed E-state index contributed by atoms with van der Waals surface area (Å²) in [7, 11) is 0. The second-order valence-corrected chi connectivity index (χ2v) is 7.78. The van der Waals surface area contributed by atoms with Crippen LogP contribution in [0.5, 0.6) is 0 Å². The van der Waals surface area contributed by atoms with Crippen LogP contribution in [0.15, 0.2) is 11.1 Å². The first-order valence-corrected chi connectivity index (χ1v) is 8.65. The molecule has 0 aliphatic carbocycles. The zero-order chi connectivity index (χ0) is 20.3. The summed E-state index contributed by atoms with van der Waals surface area (Å²) in [5.41, 5.74) is -1.82. The first kappa shape index (κ1) is 22.6. The van der Waals surface area contributed by atoms with Crippen LogP contribution in [0.1, 0.15) is 48.0 Å². The number of rotatable bonds is 5. The van der Waals surface area contributed by atoms with E-state index in [1.54, 1.807) is 34.6 Å². The molecule has 1 saturated heterocycles. The number of hydrogen-bond donors (Lipinski definition) is 0. The lowest BCUT2D eigenvalue weighted by Crippen LogP contribution is -2.49. The first-order chi connectivity index (χ1) is 11.7. The number of halogens is 3. The fourth-order valence-electron chi connectivity index (χ4n) is 2.39. The molecule has 9 heteroatoms. The second-order valence-electron chi connectivity index (χ2n) is 7.38. The maximum absolute atomic E-state index is 14.2. The van der Waals surface area contributed by atoms with E-state index in [1.807, 2.05) is 0 Å². The largest absolute Gasteiger partial charge is 0.466 e. The third-order valence-corrected chi connectivity index (χ3v) is 3.87. The van der Waals surface area contributed by atoms with Crippen molar-refractivity contribution in [2.24, 2.45) is 0 Å². The smallest absolute Gasteiger partial charge is 0.413 e. The van der Waals surface area contributed by atoms with E-state index < -0.39 is 46.8 Å². The SMILES string of the molecule is CCOC(=O)CC(F)(F)/C(Cl)=C/[C@@H]1COC(C)(C)N1C(=O)OC(C)(C)C. The van der Waals surface area contributed by atoms with Crippen molar-refractivity contribution in [3.05, 3.63) is 11.1 Å². The highest BCUT2D eigenvalue weighted by atomic mass is 35.5. The molecule has 0 saturated carbocycles. The Balaban J connectivity index is 3.02. The average Bonchev–Trinajstić information content (AvgIpc) is 2.71. The maximum Gasteiger partial charge on any atom is 0.413 e. The molecule has 1 heterocycles. The van der Waals surface area contributed by atoms with Crippen molar-refractivity contribution >= 4 is 23.7 Å². The number of esters is 1. The van der Waals surface area contributed by atoms with Gasteiger partial charge in [0.15, 0.2) is 0 Å². The Morgan fingerprint density at radius 1 is 1.35 bits per heavy atom. The quantitative estimate of drug-likeness (QED) is 0.654. The van der Waals surface area contributed by atoms with Gasteiger partial charge in [-0.1, -0.05) is 11.6 Å². The summed E-state index contributed by atoms with van der Waals surface area (Å²) in [5, 5.41) is -0.856. The van der Waals surface area contributed by atoms with E-state index in [1.165, 1.54) is 11.8 Å². The van der Waals surface area contributed by atoms with Gasteiger partial charge in [0.25, 0.3) is 5.92 Å². The highest BCUT2D eigenvalue weighted by molar-refractivity contribution is 6.30. The Hall–Kier alpha value is -1.41. The van der Waals surface area contributed by atoms with Gasteiger partial charge < -0.3 is 14.2 Å². The number of amides is 1. The Morgan fingerprint density at radius 2 is 1.92 bits per heavy atom. The van der Waals surface area contributed by atoms with Crippen LogP contribution in [-0.2, 0) is 19.0 Å². The highest BCUT2D eigenvalue weighted by Crippen LogP contribution is 2.35. The molecule has 0 aromatic rings. The Morgan fingerprint density at radius 3 is 2.42 bits per heavy atom. The molecule has 1 rings (SSSR count). The lowest BCUT2D eigenvalue weighted by atomic mass is 10.1. The first-order valence-electron chi connectivity index (χ1n) is 8.27. The molecule has 0 N–H and O–H groups in total. The van der Waals surface area contributed by atoms with Crippen molar-refractivity contribution in [1.82, 2.24) is 4.90 Å². The molecule has 150 valence electrons. The number of alkyl halides is 2. The molecule has 1 aliphatic rings. The van der Waals surface area contributed by atoms with Crippen molar-refractivity contribution in [3.63, 3.8) is 0 Å². The maximum atomic E-state index is 14.2. The molecule has 0 aromatic heterocycles. The van der Waals surface area contributed by atoms with E-state index in [2.05, 4.69) is 4.74 Å². The number of allylic oxidation sites excluding steroid dienone is 1. The third-order valence-electron chi connectivity index (χ3n) is 3.47. The molecule has 0 spiro atoms. The molecule has 1 fully saturated rings. The van der Waals surface area contributed by atoms with Crippen LogP contribution in [0.4, 0.5) is 13.6 Å². The second kappa shape index (κ2) is 8.08. The van der Waals surface area contributed by atoms with Crippen LogP contribution in [0.3, 0.4) is 0 Å². The van der Waals surface area contributed by atoms with E-state index in [-0.39, 0.29) is 13.2 Å². The zero-order valence-electron chi connectivity index (χ0n) is 15.9. The minimum absolute atomic E-state index is 0.00662. The van der Waals surface area contributed by atoms with Crippen LogP contribution in [0.2, 0.25) is 0 Å². The van der Waals surface area contributed by atoms with Gasteiger partial charge in [-0.2, -0.15) is 8.78 Å². The topological polar surface area (TPSA) is 65.1 Å². The monoisotopic (exact) mass is 397 g/mol. The van der Waals surface area contributed by atoms with Gasteiger partial charge in [0, 0.05) is 0 Å². The summed E-state index contributed by atoms with van der Waals surface area (Å²) in [6.45, 7) is 9.81. The van der Waals surface area contributed by atoms with Gasteiger partial charge in [0.2, 0.25) is 0 Å². The third kappa shape index (κ3) is 6.09. The number of ether oxygens (including phenoxy) is 3. The predicted octanol–water partition coefficient (Wildman–Crippen LogP) is 4.07. The van der Waals surface area contributed by atoms with E-state index in [4.69, 9.17) is 21.1 Å². The van der Waals surface area contributed by atoms with Crippen LogP contribution in [-0.4, -0.2) is 53.5 Å².